The van der Waals surface area contributed by atoms with E-state index in [9.17, 15) is 4.79 Å². The van der Waals surface area contributed by atoms with Crippen LogP contribution in [0.1, 0.15) is 54.4 Å². The van der Waals surface area contributed by atoms with Crippen LogP contribution >= 0.6 is 0 Å². The van der Waals surface area contributed by atoms with Crippen molar-refractivity contribution in [1.82, 2.24) is 14.9 Å². The summed E-state index contributed by atoms with van der Waals surface area (Å²) in [5.74, 6) is 1.65. The number of nitrogens with one attached hydrogen (secondary N) is 2. The van der Waals surface area contributed by atoms with Crippen LogP contribution < -0.4 is 16.4 Å². The van der Waals surface area contributed by atoms with Gasteiger partial charge in [0.2, 0.25) is 5.95 Å². The van der Waals surface area contributed by atoms with Gasteiger partial charge in [-0.2, -0.15) is 4.98 Å². The van der Waals surface area contributed by atoms with Gasteiger partial charge in [-0.3, -0.25) is 0 Å². The van der Waals surface area contributed by atoms with Gasteiger partial charge in [0.15, 0.2) is 5.82 Å². The van der Waals surface area contributed by atoms with Crippen molar-refractivity contribution in [1.29, 1.82) is 0 Å². The summed E-state index contributed by atoms with van der Waals surface area (Å²) in [5, 5.41) is 6.59. The third-order valence-electron chi connectivity index (χ3n) is 4.13. The molecule has 8 heteroatoms. The molecule has 8 nitrogen and oxygen atoms in total. The molecule has 1 aliphatic heterocycles. The van der Waals surface area contributed by atoms with E-state index in [1.54, 1.807) is 11.1 Å². The molecule has 2 rings (SSSR count). The topological polar surface area (TPSA) is 105 Å². The lowest BCUT2D eigenvalue weighted by molar-refractivity contribution is 0.0188. The van der Waals surface area contributed by atoms with Crippen LogP contribution in [0.5, 0.6) is 0 Å². The fourth-order valence-electron chi connectivity index (χ4n) is 2.82. The summed E-state index contributed by atoms with van der Waals surface area (Å²) < 4.78 is 5.44. The number of ether oxygens (including phenoxy) is 1. The largest absolute Gasteiger partial charge is 0.444 e. The molecule has 4 N–H and O–H groups in total. The Hall–Kier alpha value is -2.25. The lowest BCUT2D eigenvalue weighted by atomic mass is 9.97. The van der Waals surface area contributed by atoms with E-state index < -0.39 is 5.60 Å². The molecule has 0 aromatic carbocycles. The minimum Gasteiger partial charge on any atom is -0.444 e. The van der Waals surface area contributed by atoms with Gasteiger partial charge in [0.25, 0.3) is 0 Å². The quantitative estimate of drug-likeness (QED) is 0.738. The van der Waals surface area contributed by atoms with Gasteiger partial charge in [0, 0.05) is 25.2 Å². The van der Waals surface area contributed by atoms with Crippen LogP contribution in [0.4, 0.5) is 22.2 Å². The molecule has 1 aromatic heterocycles. The molecule has 1 fully saturated rings. The molecule has 27 heavy (non-hydrogen) atoms. The third-order valence-corrected chi connectivity index (χ3v) is 4.13. The molecule has 0 spiro atoms. The monoisotopic (exact) mass is 378 g/mol. The van der Waals surface area contributed by atoms with Gasteiger partial charge in [-0.1, -0.05) is 0 Å². The number of nitrogens with zero attached hydrogens (tertiary/aromatic N) is 3. The number of nitrogen functional groups attached to an aromatic ring is 1. The lowest BCUT2D eigenvalue weighted by Crippen LogP contribution is -2.42. The normalized spacial score (nSPS) is 16.1. The number of likely N-dealkylation sites (tertiary alicyclic amines) is 1. The van der Waals surface area contributed by atoms with Crippen LogP contribution in [0, 0.1) is 5.92 Å². The van der Waals surface area contributed by atoms with Crippen LogP contribution in [-0.2, 0) is 4.74 Å². The maximum atomic E-state index is 12.1. The van der Waals surface area contributed by atoms with Gasteiger partial charge in [0.1, 0.15) is 5.60 Å². The lowest BCUT2D eigenvalue weighted by Gasteiger charge is -2.33. The Morgan fingerprint density at radius 1 is 1.26 bits per heavy atom. The molecule has 0 unspecified atom stereocenters. The molecule has 0 radical (unpaired) electrons. The molecule has 2 heterocycles. The molecule has 1 amide bonds. The second kappa shape index (κ2) is 8.19. The van der Waals surface area contributed by atoms with Crippen LogP contribution in [0.2, 0.25) is 0 Å². The minimum atomic E-state index is -0.459. The Labute approximate surface area is 162 Å². The maximum absolute atomic E-state index is 12.1. The first kappa shape index (κ1) is 21.1. The summed E-state index contributed by atoms with van der Waals surface area (Å²) in [6, 6.07) is 0. The predicted octanol–water partition coefficient (Wildman–Crippen LogP) is 3.33. The Kier molecular flexibility index (Phi) is 6.38. The number of rotatable bonds is 4. The first-order chi connectivity index (χ1) is 12.4. The van der Waals surface area contributed by atoms with Gasteiger partial charge in [0.05, 0.1) is 11.9 Å². The summed E-state index contributed by atoms with van der Waals surface area (Å²) in [7, 11) is 0. The third kappa shape index (κ3) is 7.11. The number of carbonyl (C=O) groups is 1. The van der Waals surface area contributed by atoms with E-state index in [2.05, 4.69) is 41.4 Å². The van der Waals surface area contributed by atoms with Crippen LogP contribution in [-0.4, -0.2) is 51.7 Å². The first-order valence-electron chi connectivity index (χ1n) is 9.55. The molecular weight excluding hydrogens is 344 g/mol. The number of piperidine rings is 1. The van der Waals surface area contributed by atoms with Crippen molar-refractivity contribution in [3.8, 4) is 0 Å². The summed E-state index contributed by atoms with van der Waals surface area (Å²) in [4.78, 5) is 22.6. The number of hydrogen-bond acceptors (Lipinski definition) is 7. The number of carbonyl (C=O) groups excluding carboxylic acids is 1. The molecule has 1 saturated heterocycles. The zero-order valence-electron chi connectivity index (χ0n) is 17.4. The van der Waals surface area contributed by atoms with Crippen molar-refractivity contribution in [2.75, 3.05) is 36.0 Å². The number of nitrogens with two attached hydrogens (primary N) is 1. The van der Waals surface area contributed by atoms with E-state index in [0.29, 0.717) is 36.5 Å². The highest BCUT2D eigenvalue weighted by atomic mass is 16.6. The van der Waals surface area contributed by atoms with E-state index in [0.717, 1.165) is 19.4 Å². The smallest absolute Gasteiger partial charge is 0.410 e. The van der Waals surface area contributed by atoms with Crippen molar-refractivity contribution in [3.63, 3.8) is 0 Å². The molecule has 0 saturated carbocycles. The maximum Gasteiger partial charge on any atom is 0.410 e. The standard InChI is InChI=1S/C19H34N6O2/c1-18(2,3)24-16-22-12-14(20)15(23-16)21-11-13-7-9-25(10-8-13)17(26)27-19(4,5)6/h12-13H,7-11,20H2,1-6H3,(H2,21,22,23,24). The molecule has 0 atom stereocenters. The van der Waals surface area contributed by atoms with Gasteiger partial charge >= 0.3 is 6.09 Å². The minimum absolute atomic E-state index is 0.123. The van der Waals surface area contributed by atoms with Gasteiger partial charge in [-0.25, -0.2) is 9.78 Å². The number of aromatic nitrogens is 2. The molecule has 152 valence electrons. The highest BCUT2D eigenvalue weighted by Gasteiger charge is 2.27. The van der Waals surface area contributed by atoms with Crippen molar-refractivity contribution in [2.24, 2.45) is 5.92 Å². The fourth-order valence-corrected chi connectivity index (χ4v) is 2.82. The Bertz CT molecular complexity index is 643. The highest BCUT2D eigenvalue weighted by molar-refractivity contribution is 5.68. The second-order valence-electron chi connectivity index (χ2n) is 9.16. The molecule has 0 aliphatic carbocycles. The van der Waals surface area contributed by atoms with Crippen LogP contribution in [0.25, 0.3) is 0 Å². The van der Waals surface area contributed by atoms with Gasteiger partial charge in [-0.05, 0) is 60.3 Å². The summed E-state index contributed by atoms with van der Waals surface area (Å²) in [6.07, 6.45) is 3.23. The zero-order chi connectivity index (χ0) is 20.2. The predicted molar refractivity (Wildman–Crippen MR) is 109 cm³/mol. The molecule has 1 aromatic rings. The SMILES string of the molecule is CC(C)(C)Nc1ncc(N)c(NCC2CCN(C(=O)OC(C)(C)C)CC2)n1. The average molecular weight is 379 g/mol. The Balaban J connectivity index is 1.85. The van der Waals surface area contributed by atoms with Crippen molar-refractivity contribution in [3.05, 3.63) is 6.20 Å². The van der Waals surface area contributed by atoms with Crippen molar-refractivity contribution in [2.45, 2.75) is 65.5 Å². The van der Waals surface area contributed by atoms with Crippen LogP contribution in [0.3, 0.4) is 0 Å². The molecular formula is C19H34N6O2. The fraction of sp³-hybridized carbons (Fsp3) is 0.737. The summed E-state index contributed by atoms with van der Waals surface area (Å²) >= 11 is 0. The Morgan fingerprint density at radius 3 is 2.44 bits per heavy atom. The first-order valence-corrected chi connectivity index (χ1v) is 9.55. The highest BCUT2D eigenvalue weighted by Crippen LogP contribution is 2.22. The number of hydrogen-bond donors (Lipinski definition) is 3. The van der Waals surface area contributed by atoms with E-state index in [-0.39, 0.29) is 11.6 Å². The molecule has 1 aliphatic rings. The van der Waals surface area contributed by atoms with E-state index in [1.807, 2.05) is 20.8 Å². The van der Waals surface area contributed by atoms with Gasteiger partial charge < -0.3 is 26.0 Å². The van der Waals surface area contributed by atoms with Crippen molar-refractivity contribution < 1.29 is 9.53 Å². The van der Waals surface area contributed by atoms with E-state index >= 15 is 0 Å². The van der Waals surface area contributed by atoms with E-state index in [1.165, 1.54) is 0 Å². The van der Waals surface area contributed by atoms with Crippen LogP contribution in [0.15, 0.2) is 6.20 Å². The van der Waals surface area contributed by atoms with E-state index in [4.69, 9.17) is 10.5 Å². The van der Waals surface area contributed by atoms with Gasteiger partial charge in [-0.15, -0.1) is 0 Å². The zero-order valence-corrected chi connectivity index (χ0v) is 17.4. The van der Waals surface area contributed by atoms with Crippen molar-refractivity contribution >= 4 is 23.5 Å². The second-order valence-corrected chi connectivity index (χ2v) is 9.16. The molecule has 0 bridgehead atoms. The summed E-state index contributed by atoms with van der Waals surface area (Å²) in [5.41, 5.74) is 5.95. The number of anilines is 3. The summed E-state index contributed by atoms with van der Waals surface area (Å²) in [6.45, 7) is 14.0. The number of amides is 1. The average Bonchev–Trinajstić information content (AvgIpc) is 2.53. The Morgan fingerprint density at radius 2 is 1.89 bits per heavy atom.